The highest BCUT2D eigenvalue weighted by Crippen LogP contribution is 2.20. The van der Waals surface area contributed by atoms with Crippen LogP contribution in [0.25, 0.3) is 10.9 Å². The van der Waals surface area contributed by atoms with E-state index in [9.17, 15) is 0 Å². The van der Waals surface area contributed by atoms with E-state index < -0.39 is 0 Å². The van der Waals surface area contributed by atoms with Crippen molar-refractivity contribution in [1.29, 1.82) is 0 Å². The Morgan fingerprint density at radius 3 is 2.81 bits per heavy atom. The quantitative estimate of drug-likeness (QED) is 0.700. The minimum Gasteiger partial charge on any atom is -0.385 e. The van der Waals surface area contributed by atoms with Gasteiger partial charge in [0.2, 0.25) is 0 Å². The number of aromatic nitrogens is 1. The minimum atomic E-state index is 0.859. The number of ether oxygens (including phenoxy) is 1. The summed E-state index contributed by atoms with van der Waals surface area (Å²) in [6, 6.07) is 8.59. The van der Waals surface area contributed by atoms with E-state index in [0.29, 0.717) is 0 Å². The fourth-order valence-electron chi connectivity index (χ4n) is 2.14. The average molecular weight is 217 g/mol. The summed E-state index contributed by atoms with van der Waals surface area (Å²) in [7, 11) is 1.76. The van der Waals surface area contributed by atoms with E-state index in [1.165, 1.54) is 22.9 Å². The van der Waals surface area contributed by atoms with E-state index in [1.54, 1.807) is 7.11 Å². The van der Waals surface area contributed by atoms with Gasteiger partial charge in [-0.05, 0) is 31.4 Å². The summed E-state index contributed by atoms with van der Waals surface area (Å²) < 4.78 is 7.41. The second-order valence-corrected chi connectivity index (χ2v) is 4.22. The van der Waals surface area contributed by atoms with Crippen LogP contribution in [0.3, 0.4) is 0 Å². The largest absolute Gasteiger partial charge is 0.385 e. The molecule has 2 heteroatoms. The Bertz CT molecular complexity index is 459. The number of unbranched alkanes of at least 4 members (excludes halogenated alkanes) is 1. The van der Waals surface area contributed by atoms with Gasteiger partial charge in [-0.2, -0.15) is 0 Å². The van der Waals surface area contributed by atoms with Crippen LogP contribution in [0, 0.1) is 6.92 Å². The van der Waals surface area contributed by atoms with Gasteiger partial charge in [-0.3, -0.25) is 0 Å². The van der Waals surface area contributed by atoms with Crippen molar-refractivity contribution in [2.24, 2.45) is 0 Å². The van der Waals surface area contributed by atoms with Crippen LogP contribution in [-0.2, 0) is 11.3 Å². The lowest BCUT2D eigenvalue weighted by Crippen LogP contribution is -1.98. The molecule has 0 bridgehead atoms. The molecule has 0 spiro atoms. The number of nitrogens with zero attached hydrogens (tertiary/aromatic N) is 1. The fraction of sp³-hybridized carbons (Fsp3) is 0.429. The zero-order valence-corrected chi connectivity index (χ0v) is 10.1. The highest BCUT2D eigenvalue weighted by molar-refractivity contribution is 5.83. The van der Waals surface area contributed by atoms with Crippen LogP contribution < -0.4 is 0 Å². The lowest BCUT2D eigenvalue weighted by Gasteiger charge is -2.04. The van der Waals surface area contributed by atoms with Crippen molar-refractivity contribution in [1.82, 2.24) is 4.57 Å². The molecular weight excluding hydrogens is 198 g/mol. The number of fused-ring (bicyclic) bond motifs is 1. The van der Waals surface area contributed by atoms with Crippen molar-refractivity contribution in [3.8, 4) is 0 Å². The van der Waals surface area contributed by atoms with Gasteiger partial charge in [0.25, 0.3) is 0 Å². The van der Waals surface area contributed by atoms with Gasteiger partial charge in [0.05, 0.1) is 0 Å². The third-order valence-electron chi connectivity index (χ3n) is 2.99. The van der Waals surface area contributed by atoms with Crippen LogP contribution >= 0.6 is 0 Å². The van der Waals surface area contributed by atoms with E-state index in [-0.39, 0.29) is 0 Å². The van der Waals surface area contributed by atoms with E-state index in [2.05, 4.69) is 42.0 Å². The Hall–Kier alpha value is -1.28. The van der Waals surface area contributed by atoms with E-state index in [1.807, 2.05) is 0 Å². The molecule has 16 heavy (non-hydrogen) atoms. The lowest BCUT2D eigenvalue weighted by atomic mass is 10.2. The van der Waals surface area contributed by atoms with Crippen LogP contribution in [0.1, 0.15) is 18.4 Å². The molecule has 0 unspecified atom stereocenters. The van der Waals surface area contributed by atoms with Crippen LogP contribution in [-0.4, -0.2) is 18.3 Å². The summed E-state index contributed by atoms with van der Waals surface area (Å²) in [6.45, 7) is 4.11. The van der Waals surface area contributed by atoms with Crippen molar-refractivity contribution < 1.29 is 4.74 Å². The fourth-order valence-corrected chi connectivity index (χ4v) is 2.14. The summed E-state index contributed by atoms with van der Waals surface area (Å²) in [5.41, 5.74) is 2.71. The summed E-state index contributed by atoms with van der Waals surface area (Å²) in [4.78, 5) is 0. The number of para-hydroxylation sites is 1. The Labute approximate surface area is 96.8 Å². The summed E-state index contributed by atoms with van der Waals surface area (Å²) in [5.74, 6) is 0. The first-order valence-electron chi connectivity index (χ1n) is 5.86. The second kappa shape index (κ2) is 5.17. The standard InChI is InChI=1S/C14H19NO/c1-12-11-15(9-5-6-10-16-2)14-8-4-3-7-13(12)14/h3-4,7-8,11H,5-6,9-10H2,1-2H3. The highest BCUT2D eigenvalue weighted by atomic mass is 16.5. The van der Waals surface area contributed by atoms with Gasteiger partial charge < -0.3 is 9.30 Å². The van der Waals surface area contributed by atoms with E-state index in [0.717, 1.165) is 19.6 Å². The highest BCUT2D eigenvalue weighted by Gasteiger charge is 2.03. The Morgan fingerprint density at radius 1 is 1.19 bits per heavy atom. The average Bonchev–Trinajstić information content (AvgIpc) is 2.63. The molecule has 0 saturated heterocycles. The van der Waals surface area contributed by atoms with Crippen LogP contribution in [0.5, 0.6) is 0 Å². The molecule has 86 valence electrons. The maximum atomic E-state index is 5.06. The third-order valence-corrected chi connectivity index (χ3v) is 2.99. The molecule has 1 aromatic carbocycles. The molecule has 1 aromatic heterocycles. The molecule has 2 nitrogen and oxygen atoms in total. The summed E-state index contributed by atoms with van der Waals surface area (Å²) >= 11 is 0. The minimum absolute atomic E-state index is 0.859. The van der Waals surface area contributed by atoms with Gasteiger partial charge in [0.1, 0.15) is 0 Å². The zero-order valence-electron chi connectivity index (χ0n) is 10.1. The number of methoxy groups -OCH3 is 1. The molecule has 0 amide bonds. The van der Waals surface area contributed by atoms with Gasteiger partial charge in [-0.25, -0.2) is 0 Å². The van der Waals surface area contributed by atoms with Crippen LogP contribution in [0.4, 0.5) is 0 Å². The zero-order chi connectivity index (χ0) is 11.4. The van der Waals surface area contributed by atoms with Gasteiger partial charge >= 0.3 is 0 Å². The van der Waals surface area contributed by atoms with E-state index in [4.69, 9.17) is 4.74 Å². The Kier molecular flexibility index (Phi) is 3.62. The molecule has 0 aliphatic rings. The number of rotatable bonds is 5. The molecule has 0 saturated carbocycles. The predicted octanol–water partition coefficient (Wildman–Crippen LogP) is 3.38. The molecule has 0 N–H and O–H groups in total. The molecule has 0 fully saturated rings. The number of hydrogen-bond acceptors (Lipinski definition) is 1. The molecule has 1 heterocycles. The maximum Gasteiger partial charge on any atom is 0.0483 e. The first-order chi connectivity index (χ1) is 7.83. The monoisotopic (exact) mass is 217 g/mol. The van der Waals surface area contributed by atoms with Crippen molar-refractivity contribution in [2.45, 2.75) is 26.3 Å². The molecule has 2 rings (SSSR count). The molecule has 0 aliphatic heterocycles. The smallest absolute Gasteiger partial charge is 0.0483 e. The van der Waals surface area contributed by atoms with Crippen molar-refractivity contribution in [2.75, 3.05) is 13.7 Å². The van der Waals surface area contributed by atoms with Crippen LogP contribution in [0.2, 0.25) is 0 Å². The Balaban J connectivity index is 2.12. The SMILES string of the molecule is COCCCCn1cc(C)c2ccccc21. The van der Waals surface area contributed by atoms with Crippen LogP contribution in [0.15, 0.2) is 30.5 Å². The first kappa shape index (κ1) is 11.2. The summed E-state index contributed by atoms with van der Waals surface area (Å²) in [5, 5.41) is 1.37. The molecular formula is C14H19NO. The first-order valence-corrected chi connectivity index (χ1v) is 5.86. The summed E-state index contributed by atoms with van der Waals surface area (Å²) in [6.07, 6.45) is 4.55. The number of hydrogen-bond donors (Lipinski definition) is 0. The topological polar surface area (TPSA) is 14.2 Å². The molecule has 0 radical (unpaired) electrons. The molecule has 0 atom stereocenters. The Morgan fingerprint density at radius 2 is 2.00 bits per heavy atom. The molecule has 0 aliphatic carbocycles. The van der Waals surface area contributed by atoms with Crippen molar-refractivity contribution in [3.05, 3.63) is 36.0 Å². The maximum absolute atomic E-state index is 5.06. The van der Waals surface area contributed by atoms with Crippen molar-refractivity contribution >= 4 is 10.9 Å². The van der Waals surface area contributed by atoms with Crippen molar-refractivity contribution in [3.63, 3.8) is 0 Å². The third kappa shape index (κ3) is 2.27. The van der Waals surface area contributed by atoms with E-state index >= 15 is 0 Å². The lowest BCUT2D eigenvalue weighted by molar-refractivity contribution is 0.191. The predicted molar refractivity (Wildman–Crippen MR) is 67.8 cm³/mol. The normalized spacial score (nSPS) is 11.1. The van der Waals surface area contributed by atoms with Gasteiger partial charge in [0.15, 0.2) is 0 Å². The van der Waals surface area contributed by atoms with Gasteiger partial charge in [0, 0.05) is 37.4 Å². The molecule has 2 aromatic rings. The van der Waals surface area contributed by atoms with Gasteiger partial charge in [-0.1, -0.05) is 18.2 Å². The number of aryl methyl sites for hydroxylation is 2. The second-order valence-electron chi connectivity index (χ2n) is 4.22. The number of benzene rings is 1. The van der Waals surface area contributed by atoms with Gasteiger partial charge in [-0.15, -0.1) is 0 Å².